The van der Waals surface area contributed by atoms with Gasteiger partial charge in [-0.25, -0.2) is 19.3 Å². The van der Waals surface area contributed by atoms with Crippen molar-refractivity contribution in [2.75, 3.05) is 19.6 Å². The van der Waals surface area contributed by atoms with E-state index in [1.54, 1.807) is 29.2 Å². The van der Waals surface area contributed by atoms with Gasteiger partial charge in [-0.15, -0.1) is 0 Å². The average Bonchev–Trinajstić information content (AvgIpc) is 3.51. The van der Waals surface area contributed by atoms with Gasteiger partial charge in [0.2, 0.25) is 5.95 Å². The number of methoxy groups -OCH3 is 1. The monoisotopic (exact) mass is 488 g/mol. The number of H-pyrrole nitrogens is 1. The minimum atomic E-state index is -1.28. The number of fused-ring (bicyclic) bond motifs is 1. The SMILES string of the molecule is CCC(OCOC)(c1cc(-c2c[nH]c3ncc(-c4cnn(C)c4)cc23)nc(N)n1)c1ccncc1F. The number of nitrogens with two attached hydrogens (primary N) is 1. The Hall–Kier alpha value is -4.22. The van der Waals surface area contributed by atoms with Crippen LogP contribution in [0.3, 0.4) is 0 Å². The van der Waals surface area contributed by atoms with Gasteiger partial charge in [-0.3, -0.25) is 9.67 Å². The van der Waals surface area contributed by atoms with Crippen LogP contribution in [-0.2, 0) is 22.1 Å². The molecule has 0 aliphatic carbocycles. The third-order valence-corrected chi connectivity index (χ3v) is 6.13. The Morgan fingerprint density at radius 3 is 2.75 bits per heavy atom. The van der Waals surface area contributed by atoms with E-state index in [-0.39, 0.29) is 18.3 Å². The molecule has 1 unspecified atom stereocenters. The molecule has 0 fully saturated rings. The molecule has 0 radical (unpaired) electrons. The van der Waals surface area contributed by atoms with Gasteiger partial charge in [-0.1, -0.05) is 6.92 Å². The summed E-state index contributed by atoms with van der Waals surface area (Å²) < 4.78 is 28.0. The van der Waals surface area contributed by atoms with Crippen molar-refractivity contribution in [3.8, 4) is 22.4 Å². The quantitative estimate of drug-likeness (QED) is 0.316. The standard InChI is InChI=1S/C25H25FN8O2/c1-4-25(36-14-35-3,19-5-6-28-12-20(19)26)22-8-21(32-24(27)33-22)18-11-30-23-17(18)7-15(9-29-23)16-10-31-34(2)13-16/h5-13H,4,14H2,1-3H3,(H,29,30)(H2,27,32,33). The summed E-state index contributed by atoms with van der Waals surface area (Å²) in [4.78, 5) is 20.6. The maximum atomic E-state index is 15.0. The summed E-state index contributed by atoms with van der Waals surface area (Å²) >= 11 is 0. The van der Waals surface area contributed by atoms with Crippen LogP contribution in [0.25, 0.3) is 33.4 Å². The molecule has 184 valence electrons. The molecule has 0 aliphatic heterocycles. The van der Waals surface area contributed by atoms with Crippen molar-refractivity contribution in [1.82, 2.24) is 34.7 Å². The van der Waals surface area contributed by atoms with Gasteiger partial charge in [0.1, 0.15) is 23.9 Å². The summed E-state index contributed by atoms with van der Waals surface area (Å²) in [5.41, 5.74) is 9.43. The van der Waals surface area contributed by atoms with Gasteiger partial charge in [0.25, 0.3) is 0 Å². The molecule has 0 saturated heterocycles. The molecule has 0 amide bonds. The molecule has 5 rings (SSSR count). The second kappa shape index (κ2) is 9.44. The first-order valence-corrected chi connectivity index (χ1v) is 11.3. The number of pyridine rings is 2. The number of nitrogen functional groups attached to an aromatic ring is 1. The zero-order valence-electron chi connectivity index (χ0n) is 20.1. The lowest BCUT2D eigenvalue weighted by atomic mass is 9.86. The zero-order valence-corrected chi connectivity index (χ0v) is 20.1. The molecule has 1 atom stereocenters. The Bertz CT molecular complexity index is 1530. The predicted octanol–water partition coefficient (Wildman–Crippen LogP) is 3.81. The molecule has 10 nitrogen and oxygen atoms in total. The summed E-state index contributed by atoms with van der Waals surface area (Å²) in [6.45, 7) is 1.80. The fraction of sp³-hybridized carbons (Fsp3) is 0.240. The van der Waals surface area contributed by atoms with E-state index in [1.807, 2.05) is 32.4 Å². The molecule has 3 N–H and O–H groups in total. The summed E-state index contributed by atoms with van der Waals surface area (Å²) in [7, 11) is 3.36. The number of aromatic amines is 1. The third kappa shape index (κ3) is 4.08. The topological polar surface area (TPSA) is 130 Å². The molecule has 5 aromatic rings. The minimum Gasteiger partial charge on any atom is -0.368 e. The minimum absolute atomic E-state index is 0.0292. The zero-order chi connectivity index (χ0) is 25.3. The van der Waals surface area contributed by atoms with Crippen LogP contribution < -0.4 is 5.73 Å². The summed E-state index contributed by atoms with van der Waals surface area (Å²) in [6.07, 6.45) is 10.3. The Morgan fingerprint density at radius 2 is 2.03 bits per heavy atom. The van der Waals surface area contributed by atoms with Gasteiger partial charge >= 0.3 is 0 Å². The Kier molecular flexibility index (Phi) is 6.17. The largest absolute Gasteiger partial charge is 0.368 e. The lowest BCUT2D eigenvalue weighted by molar-refractivity contribution is -0.120. The highest BCUT2D eigenvalue weighted by Crippen LogP contribution is 2.39. The number of rotatable bonds is 8. The van der Waals surface area contributed by atoms with Gasteiger partial charge in [0.05, 0.1) is 23.8 Å². The number of hydrogen-bond acceptors (Lipinski definition) is 8. The van der Waals surface area contributed by atoms with Gasteiger partial charge in [-0.05, 0) is 24.6 Å². The van der Waals surface area contributed by atoms with E-state index >= 15 is 0 Å². The molecule has 0 saturated carbocycles. The van der Waals surface area contributed by atoms with E-state index in [9.17, 15) is 4.39 Å². The number of aromatic nitrogens is 7. The number of hydrogen-bond donors (Lipinski definition) is 2. The lowest BCUT2D eigenvalue weighted by Crippen LogP contribution is -2.34. The summed E-state index contributed by atoms with van der Waals surface area (Å²) in [5, 5.41) is 5.09. The molecule has 11 heteroatoms. The van der Waals surface area contributed by atoms with Crippen molar-refractivity contribution in [3.63, 3.8) is 0 Å². The molecule has 5 heterocycles. The van der Waals surface area contributed by atoms with Crippen molar-refractivity contribution in [1.29, 1.82) is 0 Å². The molecule has 0 spiro atoms. The van der Waals surface area contributed by atoms with E-state index in [2.05, 4.69) is 30.0 Å². The van der Waals surface area contributed by atoms with Crippen molar-refractivity contribution in [3.05, 3.63) is 72.5 Å². The van der Waals surface area contributed by atoms with Crippen molar-refractivity contribution in [2.45, 2.75) is 18.9 Å². The van der Waals surface area contributed by atoms with Crippen LogP contribution in [0.2, 0.25) is 0 Å². The Labute approximate surface area is 206 Å². The van der Waals surface area contributed by atoms with Gasteiger partial charge in [0, 0.05) is 66.6 Å². The Balaban J connectivity index is 1.68. The van der Waals surface area contributed by atoms with Crippen LogP contribution in [0.5, 0.6) is 0 Å². The molecule has 0 bridgehead atoms. The average molecular weight is 489 g/mol. The van der Waals surface area contributed by atoms with E-state index in [1.165, 1.54) is 13.3 Å². The molecular formula is C25H25FN8O2. The van der Waals surface area contributed by atoms with Crippen LogP contribution >= 0.6 is 0 Å². The van der Waals surface area contributed by atoms with E-state index in [0.29, 0.717) is 23.5 Å². The first kappa shape index (κ1) is 23.5. The highest BCUT2D eigenvalue weighted by Gasteiger charge is 2.39. The number of aryl methyl sites for hydroxylation is 1. The summed E-state index contributed by atoms with van der Waals surface area (Å²) in [6, 6.07) is 5.34. The molecule has 5 aromatic heterocycles. The summed E-state index contributed by atoms with van der Waals surface area (Å²) in [5.74, 6) is -0.492. The number of nitrogens with one attached hydrogen (secondary N) is 1. The van der Waals surface area contributed by atoms with Crippen LogP contribution in [-0.4, -0.2) is 48.6 Å². The number of halogens is 1. The molecule has 0 aliphatic rings. The smallest absolute Gasteiger partial charge is 0.220 e. The Morgan fingerprint density at radius 1 is 1.17 bits per heavy atom. The van der Waals surface area contributed by atoms with E-state index < -0.39 is 11.4 Å². The highest BCUT2D eigenvalue weighted by molar-refractivity contribution is 5.95. The molecule has 0 aromatic carbocycles. The lowest BCUT2D eigenvalue weighted by Gasteiger charge is -2.33. The normalized spacial score (nSPS) is 13.2. The fourth-order valence-corrected chi connectivity index (χ4v) is 4.38. The fourth-order valence-electron chi connectivity index (χ4n) is 4.38. The van der Waals surface area contributed by atoms with E-state index in [4.69, 9.17) is 15.2 Å². The first-order valence-electron chi connectivity index (χ1n) is 11.3. The number of ether oxygens (including phenoxy) is 2. The van der Waals surface area contributed by atoms with Crippen molar-refractivity contribution in [2.24, 2.45) is 7.05 Å². The van der Waals surface area contributed by atoms with Gasteiger partial charge < -0.3 is 20.2 Å². The third-order valence-electron chi connectivity index (χ3n) is 6.13. The first-order chi connectivity index (χ1) is 17.4. The maximum Gasteiger partial charge on any atom is 0.220 e. The number of anilines is 1. The van der Waals surface area contributed by atoms with Crippen molar-refractivity contribution >= 4 is 17.0 Å². The highest BCUT2D eigenvalue weighted by atomic mass is 19.1. The molecular weight excluding hydrogens is 463 g/mol. The van der Waals surface area contributed by atoms with Crippen LogP contribution in [0.15, 0.2) is 55.4 Å². The maximum absolute atomic E-state index is 15.0. The van der Waals surface area contributed by atoms with Crippen LogP contribution in [0.4, 0.5) is 10.3 Å². The number of nitrogens with zero attached hydrogens (tertiary/aromatic N) is 6. The van der Waals surface area contributed by atoms with Gasteiger partial charge in [-0.2, -0.15) is 5.10 Å². The van der Waals surface area contributed by atoms with E-state index in [0.717, 1.165) is 28.3 Å². The van der Waals surface area contributed by atoms with Crippen molar-refractivity contribution < 1.29 is 13.9 Å². The molecule has 36 heavy (non-hydrogen) atoms. The second-order valence-electron chi connectivity index (χ2n) is 8.31. The second-order valence-corrected chi connectivity index (χ2v) is 8.31. The predicted molar refractivity (Wildman–Crippen MR) is 132 cm³/mol. The van der Waals surface area contributed by atoms with Gasteiger partial charge in [0.15, 0.2) is 0 Å². The van der Waals surface area contributed by atoms with Crippen LogP contribution in [0, 0.1) is 5.82 Å². The van der Waals surface area contributed by atoms with Crippen LogP contribution in [0.1, 0.15) is 24.6 Å².